The zero-order chi connectivity index (χ0) is 42.6. The van der Waals surface area contributed by atoms with Crippen molar-refractivity contribution in [3.05, 3.63) is 129 Å². The summed E-state index contributed by atoms with van der Waals surface area (Å²) >= 11 is 0. The Kier molecular flexibility index (Phi) is 12.6. The summed E-state index contributed by atoms with van der Waals surface area (Å²) in [7, 11) is 0. The molecule has 5 heterocycles. The van der Waals surface area contributed by atoms with E-state index in [1.54, 1.807) is 45.0 Å². The zero-order valence-corrected chi connectivity index (χ0v) is 34.2. The number of rotatable bonds is 10. The molecule has 15 heteroatoms. The van der Waals surface area contributed by atoms with Gasteiger partial charge in [0, 0.05) is 95.1 Å². The number of pyridine rings is 1. The first-order valence-electron chi connectivity index (χ1n) is 21.1. The second-order valence-corrected chi connectivity index (χ2v) is 16.2. The number of aryl methyl sites for hydroxylation is 1. The number of piperazine rings is 2. The van der Waals surface area contributed by atoms with E-state index in [9.17, 15) is 19.2 Å². The van der Waals surface area contributed by atoms with Crippen molar-refractivity contribution in [2.45, 2.75) is 32.6 Å². The van der Waals surface area contributed by atoms with Crippen LogP contribution in [0.3, 0.4) is 0 Å². The van der Waals surface area contributed by atoms with Gasteiger partial charge in [-0.2, -0.15) is 5.10 Å². The van der Waals surface area contributed by atoms with Gasteiger partial charge >= 0.3 is 0 Å². The molecule has 0 bridgehead atoms. The molecule has 3 saturated heterocycles. The lowest BCUT2D eigenvalue weighted by molar-refractivity contribution is -0.134. The Balaban J connectivity index is 0.764. The van der Waals surface area contributed by atoms with Gasteiger partial charge in [-0.15, -0.1) is 0 Å². The highest BCUT2D eigenvalue weighted by molar-refractivity contribution is 5.96. The molecule has 3 fully saturated rings. The molecule has 3 aromatic carbocycles. The highest BCUT2D eigenvalue weighted by Crippen LogP contribution is 2.27. The summed E-state index contributed by atoms with van der Waals surface area (Å²) in [5.74, 6) is -3.12. The van der Waals surface area contributed by atoms with Gasteiger partial charge in [0.05, 0.1) is 28.9 Å². The standard InChI is InChI=1S/C46H49F3N8O4/c1-2-33-6-5-9-40(50-33)32-26-38(48)43(39(49)27-32)46(61)56-14-12-30(13-15-56)28-53-16-18-54(19-17-53)29-42(58)55-20-22-57(23-21-55)45(60)36-24-31(10-11-37(36)47)25-41-34-7-3-4-8-35(34)44(59)52-51-41/h3-11,24,26-27,30H,2,12-23,25,28-29H2,1H3,(H,52,59). The Bertz CT molecular complexity index is 2470. The van der Waals surface area contributed by atoms with E-state index >= 15 is 13.2 Å². The van der Waals surface area contributed by atoms with Gasteiger partial charge in [-0.3, -0.25) is 29.1 Å². The Morgan fingerprint density at radius 3 is 2.07 bits per heavy atom. The van der Waals surface area contributed by atoms with Crippen molar-refractivity contribution < 1.29 is 27.6 Å². The Hall–Kier alpha value is -5.93. The van der Waals surface area contributed by atoms with Gasteiger partial charge in [-0.05, 0) is 73.2 Å². The topological polar surface area (TPSA) is 126 Å². The lowest BCUT2D eigenvalue weighted by atomic mass is 9.95. The molecule has 0 atom stereocenters. The molecule has 12 nitrogen and oxygen atoms in total. The minimum Gasteiger partial charge on any atom is -0.338 e. The molecule has 3 aliphatic rings. The molecule has 0 spiro atoms. The predicted molar refractivity (Wildman–Crippen MR) is 225 cm³/mol. The highest BCUT2D eigenvalue weighted by Gasteiger charge is 2.31. The summed E-state index contributed by atoms with van der Waals surface area (Å²) in [5.41, 5.74) is 2.00. The Morgan fingerprint density at radius 1 is 0.705 bits per heavy atom. The van der Waals surface area contributed by atoms with Crippen molar-refractivity contribution >= 4 is 28.5 Å². The van der Waals surface area contributed by atoms with Crippen molar-refractivity contribution in [1.29, 1.82) is 0 Å². The Morgan fingerprint density at radius 2 is 1.36 bits per heavy atom. The first kappa shape index (κ1) is 41.8. The molecule has 0 saturated carbocycles. The molecule has 0 aliphatic carbocycles. The number of hydrogen-bond donors (Lipinski definition) is 1. The number of hydrogen-bond acceptors (Lipinski definition) is 8. The number of fused-ring (bicyclic) bond motifs is 1. The lowest BCUT2D eigenvalue weighted by Crippen LogP contribution is -2.55. The molecule has 2 aromatic heterocycles. The molecule has 1 N–H and O–H groups in total. The molecule has 3 amide bonds. The van der Waals surface area contributed by atoms with Gasteiger partial charge in [0.2, 0.25) is 5.91 Å². The second-order valence-electron chi connectivity index (χ2n) is 16.2. The molecular weight excluding hydrogens is 786 g/mol. The zero-order valence-electron chi connectivity index (χ0n) is 34.2. The SMILES string of the molecule is CCc1cccc(-c2cc(F)c(C(=O)N3CCC(CN4CCN(CC(=O)N5CCN(C(=O)c6cc(Cc7n[nH]c(=O)c8ccccc78)ccc6F)CC5)CC4)CC3)c(F)c2)n1. The third-order valence-electron chi connectivity index (χ3n) is 12.3. The van der Waals surface area contributed by atoms with Crippen LogP contribution in [0.25, 0.3) is 22.0 Å². The minimum atomic E-state index is -0.887. The number of aromatic nitrogens is 3. The summed E-state index contributed by atoms with van der Waals surface area (Å²) in [6.45, 7) is 8.29. The van der Waals surface area contributed by atoms with Crippen LogP contribution in [-0.2, 0) is 17.6 Å². The van der Waals surface area contributed by atoms with Crippen molar-refractivity contribution in [2.24, 2.45) is 5.92 Å². The van der Waals surface area contributed by atoms with E-state index in [0.29, 0.717) is 91.3 Å². The number of nitrogens with zero attached hydrogens (tertiary/aromatic N) is 7. The average molecular weight is 835 g/mol. The maximum atomic E-state index is 15.2. The number of nitrogens with one attached hydrogen (secondary N) is 1. The predicted octanol–water partition coefficient (Wildman–Crippen LogP) is 5.01. The molecule has 0 unspecified atom stereocenters. The van der Waals surface area contributed by atoms with E-state index in [1.165, 1.54) is 24.3 Å². The first-order valence-corrected chi connectivity index (χ1v) is 21.1. The van der Waals surface area contributed by atoms with Crippen molar-refractivity contribution in [2.75, 3.05) is 78.5 Å². The van der Waals surface area contributed by atoms with E-state index in [4.69, 9.17) is 0 Å². The normalized spacial score (nSPS) is 17.0. The fourth-order valence-corrected chi connectivity index (χ4v) is 8.70. The summed E-state index contributed by atoms with van der Waals surface area (Å²) in [4.78, 5) is 66.2. The average Bonchev–Trinajstić information content (AvgIpc) is 3.28. The fourth-order valence-electron chi connectivity index (χ4n) is 8.70. The summed E-state index contributed by atoms with van der Waals surface area (Å²) in [5, 5.41) is 7.93. The van der Waals surface area contributed by atoms with Crippen LogP contribution in [0.1, 0.15) is 57.4 Å². The smallest absolute Gasteiger partial charge is 0.272 e. The number of benzene rings is 3. The molecule has 8 rings (SSSR count). The monoisotopic (exact) mass is 834 g/mol. The van der Waals surface area contributed by atoms with Crippen molar-refractivity contribution in [3.8, 4) is 11.3 Å². The highest BCUT2D eigenvalue weighted by atomic mass is 19.1. The lowest BCUT2D eigenvalue weighted by Gasteiger charge is -2.40. The maximum Gasteiger partial charge on any atom is 0.272 e. The maximum absolute atomic E-state index is 15.2. The number of halogens is 3. The summed E-state index contributed by atoms with van der Waals surface area (Å²) in [6.07, 6.45) is 2.46. The molecule has 61 heavy (non-hydrogen) atoms. The number of amides is 3. The van der Waals surface area contributed by atoms with Crippen molar-refractivity contribution in [3.63, 3.8) is 0 Å². The second kappa shape index (κ2) is 18.4. The molecule has 318 valence electrons. The summed E-state index contributed by atoms with van der Waals surface area (Å²) in [6, 6.07) is 19.3. The van der Waals surface area contributed by atoms with Gasteiger partial charge in [0.15, 0.2) is 0 Å². The molecular formula is C46H49F3N8O4. The number of carbonyl (C=O) groups is 3. The van der Waals surface area contributed by atoms with Crippen molar-refractivity contribution in [1.82, 2.24) is 39.7 Å². The van der Waals surface area contributed by atoms with Crippen LogP contribution in [0, 0.1) is 23.4 Å². The van der Waals surface area contributed by atoms with Crippen LogP contribution >= 0.6 is 0 Å². The Labute approximate surface area is 351 Å². The first-order chi connectivity index (χ1) is 29.5. The number of H-pyrrole nitrogens is 1. The van der Waals surface area contributed by atoms with E-state index < -0.39 is 34.8 Å². The molecule has 0 radical (unpaired) electrons. The number of piperidine rings is 1. The number of aromatic amines is 1. The van der Waals surface area contributed by atoms with Gasteiger partial charge < -0.3 is 19.6 Å². The third-order valence-corrected chi connectivity index (χ3v) is 12.3. The summed E-state index contributed by atoms with van der Waals surface area (Å²) < 4.78 is 45.5. The van der Waals surface area contributed by atoms with E-state index in [0.717, 1.165) is 51.3 Å². The van der Waals surface area contributed by atoms with Crippen LogP contribution in [0.5, 0.6) is 0 Å². The fraction of sp³-hybridized carbons (Fsp3) is 0.391. The van der Waals surface area contributed by atoms with Crippen LogP contribution in [0.2, 0.25) is 0 Å². The third kappa shape index (κ3) is 9.37. The van der Waals surface area contributed by atoms with Crippen LogP contribution in [-0.4, -0.2) is 136 Å². The van der Waals surface area contributed by atoms with E-state index in [1.807, 2.05) is 25.1 Å². The van der Waals surface area contributed by atoms with Gasteiger partial charge in [0.1, 0.15) is 23.0 Å². The van der Waals surface area contributed by atoms with E-state index in [-0.39, 0.29) is 23.6 Å². The minimum absolute atomic E-state index is 0.00345. The van der Waals surface area contributed by atoms with Crippen LogP contribution in [0.15, 0.2) is 77.6 Å². The van der Waals surface area contributed by atoms with Gasteiger partial charge in [0.25, 0.3) is 17.4 Å². The number of likely N-dealkylation sites (tertiary alicyclic amines) is 1. The largest absolute Gasteiger partial charge is 0.338 e. The quantitative estimate of drug-likeness (QED) is 0.208. The van der Waals surface area contributed by atoms with Crippen LogP contribution in [0.4, 0.5) is 13.2 Å². The number of carbonyl (C=O) groups excluding carboxylic acids is 3. The van der Waals surface area contributed by atoms with Gasteiger partial charge in [-0.25, -0.2) is 18.3 Å². The van der Waals surface area contributed by atoms with Crippen LogP contribution < -0.4 is 5.56 Å². The van der Waals surface area contributed by atoms with E-state index in [2.05, 4.69) is 25.0 Å². The molecule has 5 aromatic rings. The van der Waals surface area contributed by atoms with Gasteiger partial charge in [-0.1, -0.05) is 37.3 Å². The molecule has 3 aliphatic heterocycles.